The Labute approximate surface area is 101 Å². The third kappa shape index (κ3) is 3.64. The van der Waals surface area contributed by atoms with Crippen LogP contribution in [0.4, 0.5) is 5.69 Å². The van der Waals surface area contributed by atoms with Gasteiger partial charge in [-0.15, -0.1) is 0 Å². The van der Waals surface area contributed by atoms with E-state index in [1.54, 1.807) is 25.1 Å². The summed E-state index contributed by atoms with van der Waals surface area (Å²) in [5, 5.41) is 11.7. The van der Waals surface area contributed by atoms with Crippen molar-refractivity contribution in [2.24, 2.45) is 0 Å². The zero-order chi connectivity index (χ0) is 12.8. The van der Waals surface area contributed by atoms with Crippen molar-refractivity contribution in [1.82, 2.24) is 5.32 Å². The maximum absolute atomic E-state index is 11.9. The summed E-state index contributed by atoms with van der Waals surface area (Å²) in [4.78, 5) is 11.9. The molecule has 1 atom stereocenters. The van der Waals surface area contributed by atoms with Gasteiger partial charge in [0.05, 0.1) is 12.7 Å². The summed E-state index contributed by atoms with van der Waals surface area (Å²) < 4.78 is 5.34. The predicted octanol–water partition coefficient (Wildman–Crippen LogP) is 0.778. The number of nitrogens with one attached hydrogen (secondary N) is 1. The first-order valence-electron chi connectivity index (χ1n) is 5.53. The second kappa shape index (κ2) is 6.10. The molecule has 1 aromatic rings. The fourth-order valence-corrected chi connectivity index (χ4v) is 1.40. The molecule has 0 saturated carbocycles. The molecule has 0 spiro atoms. The van der Waals surface area contributed by atoms with Crippen molar-refractivity contribution in [2.75, 3.05) is 18.9 Å². The number of carbonyl (C=O) groups is 1. The summed E-state index contributed by atoms with van der Waals surface area (Å²) in [6.07, 6.45) is -0.598. The quantitative estimate of drug-likeness (QED) is 0.662. The minimum absolute atomic E-state index is 0.179. The summed E-state index contributed by atoms with van der Waals surface area (Å²) in [6, 6.07) is 5.06. The van der Waals surface area contributed by atoms with Gasteiger partial charge in [-0.3, -0.25) is 4.79 Å². The number of carbonyl (C=O) groups excluding carboxylic acids is 1. The molecular formula is C12H18N2O3. The zero-order valence-electron chi connectivity index (χ0n) is 10.1. The van der Waals surface area contributed by atoms with Gasteiger partial charge in [-0.25, -0.2) is 0 Å². The normalized spacial score (nSPS) is 11.9. The number of nitrogen functional groups attached to an aromatic ring is 1. The van der Waals surface area contributed by atoms with Crippen molar-refractivity contribution in [3.63, 3.8) is 0 Å². The zero-order valence-corrected chi connectivity index (χ0v) is 10.1. The lowest BCUT2D eigenvalue weighted by Gasteiger charge is -2.13. The molecule has 0 bridgehead atoms. The average molecular weight is 238 g/mol. The molecule has 17 heavy (non-hydrogen) atoms. The van der Waals surface area contributed by atoms with E-state index in [1.165, 1.54) is 0 Å². The number of aliphatic hydroxyl groups is 1. The lowest BCUT2D eigenvalue weighted by molar-refractivity contribution is 0.0921. The van der Waals surface area contributed by atoms with Gasteiger partial charge in [-0.2, -0.15) is 0 Å². The Morgan fingerprint density at radius 2 is 2.29 bits per heavy atom. The van der Waals surface area contributed by atoms with Gasteiger partial charge in [0.2, 0.25) is 0 Å². The largest absolute Gasteiger partial charge is 0.493 e. The molecule has 0 saturated heterocycles. The number of aliphatic hydroxyl groups excluding tert-OH is 1. The van der Waals surface area contributed by atoms with Crippen molar-refractivity contribution in [3.8, 4) is 5.75 Å². The van der Waals surface area contributed by atoms with Gasteiger partial charge in [0, 0.05) is 12.2 Å². The third-order valence-electron chi connectivity index (χ3n) is 2.14. The van der Waals surface area contributed by atoms with Crippen molar-refractivity contribution in [2.45, 2.75) is 20.0 Å². The molecule has 0 radical (unpaired) electrons. The average Bonchev–Trinajstić information content (AvgIpc) is 2.26. The molecule has 0 aliphatic carbocycles. The first-order chi connectivity index (χ1) is 8.06. The second-order valence-corrected chi connectivity index (χ2v) is 3.71. The van der Waals surface area contributed by atoms with Crippen molar-refractivity contribution in [3.05, 3.63) is 23.8 Å². The van der Waals surface area contributed by atoms with Crippen LogP contribution < -0.4 is 15.8 Å². The van der Waals surface area contributed by atoms with Crippen LogP contribution in [0, 0.1) is 0 Å². The summed E-state index contributed by atoms with van der Waals surface area (Å²) in [7, 11) is 0. The van der Waals surface area contributed by atoms with E-state index in [0.717, 1.165) is 0 Å². The number of hydrogen-bond acceptors (Lipinski definition) is 4. The number of ether oxygens (including phenoxy) is 1. The first kappa shape index (κ1) is 13.3. The number of benzene rings is 1. The van der Waals surface area contributed by atoms with Gasteiger partial charge < -0.3 is 20.9 Å². The molecule has 1 aromatic carbocycles. The highest BCUT2D eigenvalue weighted by Crippen LogP contribution is 2.24. The SMILES string of the molecule is CCOc1cccc(N)c1C(=O)NCC(C)O. The fraction of sp³-hybridized carbons (Fsp3) is 0.417. The van der Waals surface area contributed by atoms with E-state index in [9.17, 15) is 4.79 Å². The lowest BCUT2D eigenvalue weighted by atomic mass is 10.1. The maximum atomic E-state index is 11.9. The van der Waals surface area contributed by atoms with Gasteiger partial charge >= 0.3 is 0 Å². The van der Waals surface area contributed by atoms with Crippen molar-refractivity contribution < 1.29 is 14.6 Å². The summed E-state index contributed by atoms with van der Waals surface area (Å²) >= 11 is 0. The molecule has 0 aliphatic heterocycles. The third-order valence-corrected chi connectivity index (χ3v) is 2.14. The predicted molar refractivity (Wildman–Crippen MR) is 66.0 cm³/mol. The molecule has 0 heterocycles. The standard InChI is InChI=1S/C12H18N2O3/c1-3-17-10-6-4-5-9(13)11(10)12(16)14-7-8(2)15/h4-6,8,15H,3,7,13H2,1-2H3,(H,14,16). The molecule has 5 heteroatoms. The van der Waals surface area contributed by atoms with Gasteiger partial charge in [-0.1, -0.05) is 6.07 Å². The minimum Gasteiger partial charge on any atom is -0.493 e. The first-order valence-corrected chi connectivity index (χ1v) is 5.53. The number of amides is 1. The number of hydrogen-bond donors (Lipinski definition) is 3. The Kier molecular flexibility index (Phi) is 4.78. The van der Waals surface area contributed by atoms with Crippen LogP contribution in [-0.2, 0) is 0 Å². The van der Waals surface area contributed by atoms with Crippen LogP contribution in [0.1, 0.15) is 24.2 Å². The van der Waals surface area contributed by atoms with Gasteiger partial charge in [0.15, 0.2) is 0 Å². The summed E-state index contributed by atoms with van der Waals surface area (Å²) in [6.45, 7) is 4.07. The van der Waals surface area contributed by atoms with Crippen LogP contribution in [0.2, 0.25) is 0 Å². The Morgan fingerprint density at radius 1 is 1.59 bits per heavy atom. The molecule has 4 N–H and O–H groups in total. The number of rotatable bonds is 5. The van der Waals surface area contributed by atoms with Crippen LogP contribution in [0.3, 0.4) is 0 Å². The van der Waals surface area contributed by atoms with E-state index in [2.05, 4.69) is 5.32 Å². The summed E-state index contributed by atoms with van der Waals surface area (Å²) in [5.74, 6) is 0.114. The minimum atomic E-state index is -0.598. The van der Waals surface area contributed by atoms with Gasteiger partial charge in [0.1, 0.15) is 11.3 Å². The molecule has 94 valence electrons. The van der Waals surface area contributed by atoms with E-state index >= 15 is 0 Å². The van der Waals surface area contributed by atoms with Crippen LogP contribution >= 0.6 is 0 Å². The molecule has 5 nitrogen and oxygen atoms in total. The highest BCUT2D eigenvalue weighted by molar-refractivity contribution is 6.01. The Balaban J connectivity index is 2.90. The maximum Gasteiger partial charge on any atom is 0.257 e. The molecule has 1 unspecified atom stereocenters. The monoisotopic (exact) mass is 238 g/mol. The molecule has 0 fully saturated rings. The van der Waals surface area contributed by atoms with Crippen molar-refractivity contribution in [1.29, 1.82) is 0 Å². The summed E-state index contributed by atoms with van der Waals surface area (Å²) in [5.41, 5.74) is 6.43. The van der Waals surface area contributed by atoms with E-state index in [0.29, 0.717) is 23.6 Å². The van der Waals surface area contributed by atoms with Gasteiger partial charge in [-0.05, 0) is 26.0 Å². The van der Waals surface area contributed by atoms with Crippen LogP contribution in [0.5, 0.6) is 5.75 Å². The van der Waals surface area contributed by atoms with Crippen LogP contribution in [-0.4, -0.2) is 30.3 Å². The molecule has 0 aliphatic rings. The van der Waals surface area contributed by atoms with Crippen LogP contribution in [0.25, 0.3) is 0 Å². The second-order valence-electron chi connectivity index (χ2n) is 3.71. The van der Waals surface area contributed by atoms with E-state index < -0.39 is 6.10 Å². The molecule has 1 rings (SSSR count). The Hall–Kier alpha value is -1.75. The fourth-order valence-electron chi connectivity index (χ4n) is 1.40. The molecule has 0 aromatic heterocycles. The highest BCUT2D eigenvalue weighted by atomic mass is 16.5. The Bertz CT molecular complexity index is 391. The van der Waals surface area contributed by atoms with Crippen LogP contribution in [0.15, 0.2) is 18.2 Å². The molecule has 1 amide bonds. The highest BCUT2D eigenvalue weighted by Gasteiger charge is 2.15. The topological polar surface area (TPSA) is 84.6 Å². The van der Waals surface area contributed by atoms with E-state index in [1.807, 2.05) is 6.92 Å². The lowest BCUT2D eigenvalue weighted by Crippen LogP contribution is -2.31. The molecular weight excluding hydrogens is 220 g/mol. The van der Waals surface area contributed by atoms with E-state index in [-0.39, 0.29) is 12.5 Å². The smallest absolute Gasteiger partial charge is 0.257 e. The van der Waals surface area contributed by atoms with Gasteiger partial charge in [0.25, 0.3) is 5.91 Å². The van der Waals surface area contributed by atoms with E-state index in [4.69, 9.17) is 15.6 Å². The van der Waals surface area contributed by atoms with Crippen molar-refractivity contribution >= 4 is 11.6 Å². The Morgan fingerprint density at radius 3 is 2.88 bits per heavy atom. The number of anilines is 1. The number of nitrogens with two attached hydrogens (primary N) is 1.